The SMILES string of the molecule is CC(C)CNC(=O)c1cn(Cc2ccc(Cl)cc2)cn1. The summed E-state index contributed by atoms with van der Waals surface area (Å²) in [6.45, 7) is 5.43. The molecule has 1 amide bonds. The van der Waals surface area contributed by atoms with Crippen molar-refractivity contribution in [1.29, 1.82) is 0 Å². The van der Waals surface area contributed by atoms with Crippen LogP contribution in [-0.4, -0.2) is 22.0 Å². The van der Waals surface area contributed by atoms with E-state index in [2.05, 4.69) is 24.1 Å². The molecule has 0 unspecified atom stereocenters. The number of nitrogens with one attached hydrogen (secondary N) is 1. The van der Waals surface area contributed by atoms with Gasteiger partial charge in [-0.15, -0.1) is 0 Å². The van der Waals surface area contributed by atoms with Crippen molar-refractivity contribution in [3.63, 3.8) is 0 Å². The molecular weight excluding hydrogens is 274 g/mol. The van der Waals surface area contributed by atoms with Gasteiger partial charge in [0.1, 0.15) is 5.69 Å². The Morgan fingerprint density at radius 3 is 2.70 bits per heavy atom. The van der Waals surface area contributed by atoms with Crippen LogP contribution >= 0.6 is 11.6 Å². The van der Waals surface area contributed by atoms with Gasteiger partial charge in [0, 0.05) is 24.3 Å². The minimum absolute atomic E-state index is 0.131. The van der Waals surface area contributed by atoms with Crippen molar-refractivity contribution in [3.05, 3.63) is 53.1 Å². The molecule has 0 aliphatic heterocycles. The predicted molar refractivity (Wildman–Crippen MR) is 80.0 cm³/mol. The van der Waals surface area contributed by atoms with Crippen LogP contribution in [0.3, 0.4) is 0 Å². The summed E-state index contributed by atoms with van der Waals surface area (Å²) in [7, 11) is 0. The molecule has 5 heteroatoms. The minimum atomic E-state index is -0.131. The minimum Gasteiger partial charge on any atom is -0.350 e. The van der Waals surface area contributed by atoms with Crippen LogP contribution in [0.15, 0.2) is 36.8 Å². The quantitative estimate of drug-likeness (QED) is 0.920. The van der Waals surface area contributed by atoms with Crippen molar-refractivity contribution in [2.24, 2.45) is 5.92 Å². The molecule has 0 saturated heterocycles. The fraction of sp³-hybridized carbons (Fsp3) is 0.333. The Hall–Kier alpha value is -1.81. The molecule has 4 nitrogen and oxygen atoms in total. The zero-order valence-corrected chi connectivity index (χ0v) is 12.4. The predicted octanol–water partition coefficient (Wildman–Crippen LogP) is 2.97. The van der Waals surface area contributed by atoms with E-state index in [0.29, 0.717) is 29.7 Å². The molecule has 0 fully saturated rings. The van der Waals surface area contributed by atoms with Gasteiger partial charge in [0.05, 0.1) is 6.33 Å². The number of carbonyl (C=O) groups is 1. The molecule has 106 valence electrons. The molecule has 0 bridgehead atoms. The molecule has 20 heavy (non-hydrogen) atoms. The molecule has 0 spiro atoms. The zero-order valence-electron chi connectivity index (χ0n) is 11.6. The third-order valence-corrected chi connectivity index (χ3v) is 3.07. The topological polar surface area (TPSA) is 46.9 Å². The highest BCUT2D eigenvalue weighted by Crippen LogP contribution is 2.11. The molecule has 0 aliphatic carbocycles. The molecule has 1 aromatic heterocycles. The maximum Gasteiger partial charge on any atom is 0.271 e. The van der Waals surface area contributed by atoms with E-state index < -0.39 is 0 Å². The van der Waals surface area contributed by atoms with Crippen molar-refractivity contribution < 1.29 is 4.79 Å². The summed E-state index contributed by atoms with van der Waals surface area (Å²) in [4.78, 5) is 16.0. The first kappa shape index (κ1) is 14.6. The van der Waals surface area contributed by atoms with Gasteiger partial charge in [0.15, 0.2) is 0 Å². The lowest BCUT2D eigenvalue weighted by molar-refractivity contribution is 0.0944. The van der Waals surface area contributed by atoms with Gasteiger partial charge in [0.2, 0.25) is 0 Å². The number of amides is 1. The monoisotopic (exact) mass is 291 g/mol. The number of nitrogens with zero attached hydrogens (tertiary/aromatic N) is 2. The average molecular weight is 292 g/mol. The molecule has 1 heterocycles. The Labute approximate surface area is 123 Å². The number of imidazole rings is 1. The number of aromatic nitrogens is 2. The van der Waals surface area contributed by atoms with Crippen molar-refractivity contribution >= 4 is 17.5 Å². The van der Waals surface area contributed by atoms with Crippen molar-refractivity contribution in [3.8, 4) is 0 Å². The van der Waals surface area contributed by atoms with Gasteiger partial charge < -0.3 is 9.88 Å². The lowest BCUT2D eigenvalue weighted by Crippen LogP contribution is -2.27. The highest BCUT2D eigenvalue weighted by Gasteiger charge is 2.09. The second-order valence-electron chi connectivity index (χ2n) is 5.16. The third kappa shape index (κ3) is 4.10. The van der Waals surface area contributed by atoms with E-state index in [-0.39, 0.29) is 5.91 Å². The Morgan fingerprint density at radius 1 is 1.35 bits per heavy atom. The first-order valence-corrected chi connectivity index (χ1v) is 6.97. The summed E-state index contributed by atoms with van der Waals surface area (Å²) in [5, 5.41) is 3.57. The van der Waals surface area contributed by atoms with E-state index in [1.165, 1.54) is 0 Å². The molecule has 1 aromatic carbocycles. The van der Waals surface area contributed by atoms with Crippen LogP contribution in [0.1, 0.15) is 29.9 Å². The molecular formula is C15H18ClN3O. The van der Waals surface area contributed by atoms with Crippen LogP contribution in [-0.2, 0) is 6.54 Å². The smallest absolute Gasteiger partial charge is 0.271 e. The molecule has 0 atom stereocenters. The second-order valence-corrected chi connectivity index (χ2v) is 5.60. The number of hydrogen-bond acceptors (Lipinski definition) is 2. The highest BCUT2D eigenvalue weighted by molar-refractivity contribution is 6.30. The summed E-state index contributed by atoms with van der Waals surface area (Å²) in [5.74, 6) is 0.295. The molecule has 0 aliphatic rings. The van der Waals surface area contributed by atoms with E-state index in [4.69, 9.17) is 11.6 Å². The van der Waals surface area contributed by atoms with E-state index in [0.717, 1.165) is 5.56 Å². The van der Waals surface area contributed by atoms with Gasteiger partial charge in [-0.2, -0.15) is 0 Å². The fourth-order valence-corrected chi connectivity index (χ4v) is 1.88. The maximum absolute atomic E-state index is 11.9. The first-order chi connectivity index (χ1) is 9.54. The lowest BCUT2D eigenvalue weighted by Gasteiger charge is -2.05. The second kappa shape index (κ2) is 6.57. The molecule has 0 radical (unpaired) electrons. The fourth-order valence-electron chi connectivity index (χ4n) is 1.75. The van der Waals surface area contributed by atoms with E-state index in [1.807, 2.05) is 28.8 Å². The zero-order chi connectivity index (χ0) is 14.5. The standard InChI is InChI=1S/C15H18ClN3O/c1-11(2)7-17-15(20)14-9-19(10-18-14)8-12-3-5-13(16)6-4-12/h3-6,9-11H,7-8H2,1-2H3,(H,17,20). The first-order valence-electron chi connectivity index (χ1n) is 6.59. The van der Waals surface area contributed by atoms with E-state index in [1.54, 1.807) is 12.5 Å². The Bertz CT molecular complexity index is 575. The van der Waals surface area contributed by atoms with Gasteiger partial charge in [-0.25, -0.2) is 4.98 Å². The molecule has 2 rings (SSSR count). The van der Waals surface area contributed by atoms with E-state index in [9.17, 15) is 4.79 Å². The van der Waals surface area contributed by atoms with Crippen molar-refractivity contribution in [2.75, 3.05) is 6.54 Å². The normalized spacial score (nSPS) is 10.8. The Kier molecular flexibility index (Phi) is 4.79. The van der Waals surface area contributed by atoms with Crippen LogP contribution in [0.4, 0.5) is 0 Å². The molecule has 0 saturated carbocycles. The number of carbonyl (C=O) groups excluding carboxylic acids is 1. The van der Waals surface area contributed by atoms with Crippen LogP contribution in [0.25, 0.3) is 0 Å². The number of rotatable bonds is 5. The Balaban J connectivity index is 1.98. The summed E-state index contributed by atoms with van der Waals surface area (Å²) in [5.41, 5.74) is 1.56. The largest absolute Gasteiger partial charge is 0.350 e. The summed E-state index contributed by atoms with van der Waals surface area (Å²) < 4.78 is 1.88. The van der Waals surface area contributed by atoms with Crippen LogP contribution in [0, 0.1) is 5.92 Å². The van der Waals surface area contributed by atoms with Gasteiger partial charge in [0.25, 0.3) is 5.91 Å². The van der Waals surface area contributed by atoms with Crippen LogP contribution in [0.5, 0.6) is 0 Å². The van der Waals surface area contributed by atoms with Gasteiger partial charge >= 0.3 is 0 Å². The number of hydrogen-bond donors (Lipinski definition) is 1. The lowest BCUT2D eigenvalue weighted by atomic mass is 10.2. The third-order valence-electron chi connectivity index (χ3n) is 2.82. The van der Waals surface area contributed by atoms with Gasteiger partial charge in [-0.05, 0) is 23.6 Å². The maximum atomic E-state index is 11.9. The van der Waals surface area contributed by atoms with Crippen LogP contribution < -0.4 is 5.32 Å². The Morgan fingerprint density at radius 2 is 2.05 bits per heavy atom. The van der Waals surface area contributed by atoms with Gasteiger partial charge in [-0.3, -0.25) is 4.79 Å². The molecule has 1 N–H and O–H groups in total. The molecule has 2 aromatic rings. The average Bonchev–Trinajstić information content (AvgIpc) is 2.87. The highest BCUT2D eigenvalue weighted by atomic mass is 35.5. The van der Waals surface area contributed by atoms with Crippen molar-refractivity contribution in [2.45, 2.75) is 20.4 Å². The van der Waals surface area contributed by atoms with Crippen LogP contribution in [0.2, 0.25) is 5.02 Å². The van der Waals surface area contributed by atoms with Gasteiger partial charge in [-0.1, -0.05) is 37.6 Å². The summed E-state index contributed by atoms with van der Waals surface area (Å²) in [6, 6.07) is 7.62. The summed E-state index contributed by atoms with van der Waals surface area (Å²) in [6.07, 6.45) is 3.42. The van der Waals surface area contributed by atoms with E-state index >= 15 is 0 Å². The number of halogens is 1. The van der Waals surface area contributed by atoms with Crippen molar-refractivity contribution in [1.82, 2.24) is 14.9 Å². The number of benzene rings is 1. The summed E-state index contributed by atoms with van der Waals surface area (Å²) >= 11 is 5.85.